The quantitative estimate of drug-likeness (QED) is 0.147. The van der Waals surface area contributed by atoms with Crippen molar-refractivity contribution in [3.63, 3.8) is 0 Å². The topological polar surface area (TPSA) is 100 Å². The molecule has 0 atom stereocenters. The van der Waals surface area contributed by atoms with Gasteiger partial charge in [0, 0.05) is 21.7 Å². The highest BCUT2D eigenvalue weighted by Gasteiger charge is 2.26. The van der Waals surface area contributed by atoms with Crippen LogP contribution in [0.15, 0.2) is 69.8 Å². The second kappa shape index (κ2) is 10.3. The van der Waals surface area contributed by atoms with Crippen LogP contribution in [0.2, 0.25) is 5.02 Å². The van der Waals surface area contributed by atoms with E-state index in [1.165, 1.54) is 19.3 Å². The molecule has 0 fully saturated rings. The van der Waals surface area contributed by atoms with Crippen molar-refractivity contribution in [2.45, 2.75) is 13.5 Å². The number of carbonyl (C=O) groups is 1. The smallest absolute Gasteiger partial charge is 0.363 e. The van der Waals surface area contributed by atoms with Gasteiger partial charge in [0.1, 0.15) is 6.61 Å². The zero-order valence-electron chi connectivity index (χ0n) is 18.6. The van der Waals surface area contributed by atoms with Gasteiger partial charge in [-0.05, 0) is 54.5 Å². The minimum Gasteiger partial charge on any atom is -0.493 e. The van der Waals surface area contributed by atoms with Crippen molar-refractivity contribution in [1.82, 2.24) is 0 Å². The van der Waals surface area contributed by atoms with Crippen molar-refractivity contribution < 1.29 is 23.9 Å². The number of halogens is 2. The Bertz CT molecular complexity index is 1390. The Hall–Kier alpha value is -3.69. The molecule has 4 rings (SSSR count). The maximum absolute atomic E-state index is 12.4. The number of aliphatic imine (C=N–C) groups is 1. The molecule has 0 bridgehead atoms. The van der Waals surface area contributed by atoms with E-state index in [1.807, 2.05) is 24.3 Å². The molecule has 178 valence electrons. The summed E-state index contributed by atoms with van der Waals surface area (Å²) in [6, 6.07) is 15.5. The Morgan fingerprint density at radius 1 is 1.17 bits per heavy atom. The number of nitro groups is 1. The fourth-order valence-electron chi connectivity index (χ4n) is 3.33. The van der Waals surface area contributed by atoms with Crippen LogP contribution in [0.3, 0.4) is 0 Å². The standard InChI is InChI=1S/C25H18BrClN2O6/c1-14-3-6-17(12-21(14)29(31)32)24-28-20(25(30)35-24)10-16-9-19(27)23(22(11-16)33-2)34-13-15-4-7-18(26)8-5-15/h3-12H,13H2,1-2H3/b20-10-. The lowest BCUT2D eigenvalue weighted by Gasteiger charge is -2.13. The first kappa shape index (κ1) is 24.4. The summed E-state index contributed by atoms with van der Waals surface area (Å²) in [5.41, 5.74) is 2.23. The van der Waals surface area contributed by atoms with Crippen molar-refractivity contribution in [1.29, 1.82) is 0 Å². The van der Waals surface area contributed by atoms with Crippen LogP contribution in [0, 0.1) is 17.0 Å². The lowest BCUT2D eigenvalue weighted by Crippen LogP contribution is -2.06. The number of rotatable bonds is 7. The molecule has 3 aromatic rings. The highest BCUT2D eigenvalue weighted by molar-refractivity contribution is 9.10. The number of methoxy groups -OCH3 is 1. The van der Waals surface area contributed by atoms with Crippen molar-refractivity contribution in [2.75, 3.05) is 7.11 Å². The van der Waals surface area contributed by atoms with Crippen LogP contribution < -0.4 is 9.47 Å². The molecule has 0 saturated heterocycles. The summed E-state index contributed by atoms with van der Waals surface area (Å²) in [6.45, 7) is 1.91. The van der Waals surface area contributed by atoms with E-state index in [-0.39, 0.29) is 28.9 Å². The minimum absolute atomic E-state index is 0.0168. The van der Waals surface area contributed by atoms with Crippen LogP contribution in [0.1, 0.15) is 22.3 Å². The predicted molar refractivity (Wildman–Crippen MR) is 135 cm³/mol. The summed E-state index contributed by atoms with van der Waals surface area (Å²) in [7, 11) is 1.49. The second-order valence-electron chi connectivity index (χ2n) is 7.54. The monoisotopic (exact) mass is 556 g/mol. The first-order valence-corrected chi connectivity index (χ1v) is 11.4. The Balaban J connectivity index is 1.60. The van der Waals surface area contributed by atoms with Crippen LogP contribution >= 0.6 is 27.5 Å². The SMILES string of the molecule is COc1cc(/C=C2\N=C(c3ccc(C)c([N+](=O)[O-])c3)OC2=O)cc(Cl)c1OCc1ccc(Br)cc1. The van der Waals surface area contributed by atoms with E-state index >= 15 is 0 Å². The zero-order valence-corrected chi connectivity index (χ0v) is 20.9. The van der Waals surface area contributed by atoms with Crippen LogP contribution in [0.25, 0.3) is 6.08 Å². The summed E-state index contributed by atoms with van der Waals surface area (Å²) in [6.07, 6.45) is 1.49. The Morgan fingerprint density at radius 2 is 1.91 bits per heavy atom. The van der Waals surface area contributed by atoms with Gasteiger partial charge < -0.3 is 14.2 Å². The highest BCUT2D eigenvalue weighted by Crippen LogP contribution is 2.38. The van der Waals surface area contributed by atoms with Gasteiger partial charge >= 0.3 is 5.97 Å². The van der Waals surface area contributed by atoms with Crippen LogP contribution in [-0.2, 0) is 16.1 Å². The second-order valence-corrected chi connectivity index (χ2v) is 8.87. The number of cyclic esters (lactones) is 1. The van der Waals surface area contributed by atoms with Crippen LogP contribution in [-0.4, -0.2) is 23.9 Å². The Morgan fingerprint density at radius 3 is 2.60 bits per heavy atom. The van der Waals surface area contributed by atoms with E-state index in [0.717, 1.165) is 10.0 Å². The average molecular weight is 558 g/mol. The van der Waals surface area contributed by atoms with Gasteiger partial charge in [-0.2, -0.15) is 0 Å². The molecule has 3 aromatic carbocycles. The van der Waals surface area contributed by atoms with E-state index in [4.69, 9.17) is 25.8 Å². The normalized spacial score (nSPS) is 14.0. The molecule has 8 nitrogen and oxygen atoms in total. The fraction of sp³-hybridized carbons (Fsp3) is 0.120. The lowest BCUT2D eigenvalue weighted by atomic mass is 10.1. The van der Waals surface area contributed by atoms with Crippen LogP contribution in [0.5, 0.6) is 11.5 Å². The number of benzene rings is 3. The van der Waals surface area contributed by atoms with Crippen LogP contribution in [0.4, 0.5) is 5.69 Å². The molecule has 35 heavy (non-hydrogen) atoms. The van der Waals surface area contributed by atoms with E-state index in [9.17, 15) is 14.9 Å². The molecule has 0 amide bonds. The molecule has 1 aliphatic rings. The highest BCUT2D eigenvalue weighted by atomic mass is 79.9. The van der Waals surface area contributed by atoms with Crippen molar-refractivity contribution >= 4 is 51.2 Å². The lowest BCUT2D eigenvalue weighted by molar-refractivity contribution is -0.385. The summed E-state index contributed by atoms with van der Waals surface area (Å²) in [5.74, 6) is 0.0429. The molecule has 0 N–H and O–H groups in total. The number of hydrogen-bond acceptors (Lipinski definition) is 7. The molecule has 0 spiro atoms. The zero-order chi connectivity index (χ0) is 25.1. The largest absolute Gasteiger partial charge is 0.493 e. The minimum atomic E-state index is -0.686. The maximum Gasteiger partial charge on any atom is 0.363 e. The fourth-order valence-corrected chi connectivity index (χ4v) is 3.87. The summed E-state index contributed by atoms with van der Waals surface area (Å²) >= 11 is 9.85. The number of esters is 1. The van der Waals surface area contributed by atoms with E-state index in [0.29, 0.717) is 28.2 Å². The molecule has 1 aliphatic heterocycles. The predicted octanol–water partition coefficient (Wildman–Crippen LogP) is 6.25. The van der Waals surface area contributed by atoms with Gasteiger partial charge in [0.25, 0.3) is 5.69 Å². The average Bonchev–Trinajstić information content (AvgIpc) is 3.19. The van der Waals surface area contributed by atoms with Gasteiger partial charge in [-0.25, -0.2) is 9.79 Å². The van der Waals surface area contributed by atoms with Crippen molar-refractivity contribution in [3.8, 4) is 11.5 Å². The van der Waals surface area contributed by atoms with Gasteiger partial charge in [-0.1, -0.05) is 45.7 Å². The van der Waals surface area contributed by atoms with E-state index < -0.39 is 10.9 Å². The molecular weight excluding hydrogens is 540 g/mol. The number of ether oxygens (including phenoxy) is 3. The molecule has 0 radical (unpaired) electrons. The molecular formula is C25H18BrClN2O6. The third-order valence-electron chi connectivity index (χ3n) is 5.12. The van der Waals surface area contributed by atoms with E-state index in [1.54, 1.807) is 31.2 Å². The number of carbonyl (C=O) groups excluding carboxylic acids is 1. The summed E-state index contributed by atoms with van der Waals surface area (Å²) in [4.78, 5) is 27.4. The summed E-state index contributed by atoms with van der Waals surface area (Å²) < 4.78 is 17.5. The van der Waals surface area contributed by atoms with Gasteiger partial charge in [0.15, 0.2) is 17.2 Å². The maximum atomic E-state index is 12.4. The number of nitro benzene ring substituents is 1. The van der Waals surface area contributed by atoms with E-state index in [2.05, 4.69) is 20.9 Å². The number of aryl methyl sites for hydroxylation is 1. The van der Waals surface area contributed by atoms with Gasteiger partial charge in [0.2, 0.25) is 5.90 Å². The van der Waals surface area contributed by atoms with Gasteiger partial charge in [-0.3, -0.25) is 10.1 Å². The third kappa shape index (κ3) is 5.52. The number of nitrogens with zero attached hydrogens (tertiary/aromatic N) is 2. The van der Waals surface area contributed by atoms with Crippen molar-refractivity contribution in [2.24, 2.45) is 4.99 Å². The van der Waals surface area contributed by atoms with Crippen molar-refractivity contribution in [3.05, 3.63) is 102 Å². The number of hydrogen-bond donors (Lipinski definition) is 0. The first-order valence-electron chi connectivity index (χ1n) is 10.3. The molecule has 10 heteroatoms. The first-order chi connectivity index (χ1) is 16.7. The van der Waals surface area contributed by atoms with Gasteiger partial charge in [0.05, 0.1) is 17.1 Å². The Kier molecular flexibility index (Phi) is 7.18. The molecule has 1 heterocycles. The molecule has 0 saturated carbocycles. The Labute approximate surface area is 214 Å². The molecule has 0 aliphatic carbocycles. The van der Waals surface area contributed by atoms with Gasteiger partial charge in [-0.15, -0.1) is 0 Å². The molecule has 0 aromatic heterocycles. The molecule has 0 unspecified atom stereocenters. The summed E-state index contributed by atoms with van der Waals surface area (Å²) in [5, 5.41) is 11.5. The third-order valence-corrected chi connectivity index (χ3v) is 5.93.